The summed E-state index contributed by atoms with van der Waals surface area (Å²) in [7, 11) is 0. The molecular weight excluding hydrogens is 314 g/mol. The molecule has 3 rings (SSSR count). The Kier molecular flexibility index (Phi) is 3.02. The zero-order chi connectivity index (χ0) is 13.4. The summed E-state index contributed by atoms with van der Waals surface area (Å²) in [5.41, 5.74) is 0.811. The summed E-state index contributed by atoms with van der Waals surface area (Å²) in [4.78, 5) is 26.9. The van der Waals surface area contributed by atoms with Gasteiger partial charge in [0.15, 0.2) is 5.96 Å². The van der Waals surface area contributed by atoms with Crippen molar-refractivity contribution in [3.63, 3.8) is 0 Å². The van der Waals surface area contributed by atoms with E-state index in [0.29, 0.717) is 5.96 Å². The first kappa shape index (κ1) is 12.2. The molecule has 4 N–H and O–H groups in total. The fourth-order valence-electron chi connectivity index (χ4n) is 2.13. The Labute approximate surface area is 117 Å². The van der Waals surface area contributed by atoms with Crippen molar-refractivity contribution in [3.05, 3.63) is 22.3 Å². The zero-order valence-corrected chi connectivity index (χ0v) is 11.5. The van der Waals surface area contributed by atoms with Gasteiger partial charge in [-0.15, -0.1) is 0 Å². The van der Waals surface area contributed by atoms with Crippen LogP contribution in [-0.2, 0) is 9.59 Å². The highest BCUT2D eigenvalue weighted by atomic mass is 79.9. The number of hydrogen-bond donors (Lipinski definition) is 4. The highest BCUT2D eigenvalue weighted by Gasteiger charge is 2.36. The molecule has 1 saturated heterocycles. The van der Waals surface area contributed by atoms with Gasteiger partial charge in [0.1, 0.15) is 0 Å². The Morgan fingerprint density at radius 2 is 2.11 bits per heavy atom. The molecule has 0 spiro atoms. The molecular formula is C11H12BrN5O2. The molecule has 2 unspecified atom stereocenters. The van der Waals surface area contributed by atoms with Crippen LogP contribution in [0.1, 0.15) is 0 Å². The molecule has 0 aromatic heterocycles. The average molecular weight is 326 g/mol. The number of piperazine rings is 1. The minimum atomic E-state index is -0.621. The summed E-state index contributed by atoms with van der Waals surface area (Å²) < 4.78 is 0.782. The third kappa shape index (κ3) is 2.23. The first-order chi connectivity index (χ1) is 9.15. The van der Waals surface area contributed by atoms with E-state index in [0.717, 1.165) is 23.3 Å². The molecule has 19 heavy (non-hydrogen) atoms. The highest BCUT2D eigenvalue weighted by molar-refractivity contribution is 9.11. The smallest absolute Gasteiger partial charge is 0.309 e. The normalized spacial score (nSPS) is 29.2. The lowest BCUT2D eigenvalue weighted by Crippen LogP contribution is -2.62. The van der Waals surface area contributed by atoms with Crippen molar-refractivity contribution in [2.75, 3.05) is 13.1 Å². The lowest BCUT2D eigenvalue weighted by molar-refractivity contribution is -0.141. The number of carbonyl (C=O) groups is 2. The van der Waals surface area contributed by atoms with Crippen LogP contribution in [0.15, 0.2) is 27.3 Å². The third-order valence-corrected chi connectivity index (χ3v) is 4.00. The Bertz CT molecular complexity index is 539. The Morgan fingerprint density at radius 1 is 1.32 bits per heavy atom. The van der Waals surface area contributed by atoms with Crippen LogP contribution in [-0.4, -0.2) is 42.9 Å². The van der Waals surface area contributed by atoms with Crippen molar-refractivity contribution < 1.29 is 9.59 Å². The number of nitrogens with one attached hydrogen (secondary N) is 4. The fraction of sp³-hybridized carbons (Fsp3) is 0.364. The number of rotatable bonds is 1. The van der Waals surface area contributed by atoms with E-state index in [-0.39, 0.29) is 12.1 Å². The van der Waals surface area contributed by atoms with Gasteiger partial charge in [0, 0.05) is 11.0 Å². The lowest BCUT2D eigenvalue weighted by Gasteiger charge is -2.34. The summed E-state index contributed by atoms with van der Waals surface area (Å²) in [5, 5.41) is 11.6. The van der Waals surface area contributed by atoms with Crippen LogP contribution in [0.2, 0.25) is 0 Å². The summed E-state index contributed by atoms with van der Waals surface area (Å²) >= 11 is 3.47. The molecule has 8 heteroatoms. The van der Waals surface area contributed by atoms with Gasteiger partial charge in [-0.3, -0.25) is 14.6 Å². The van der Waals surface area contributed by atoms with Gasteiger partial charge >= 0.3 is 11.8 Å². The molecule has 2 heterocycles. The molecule has 100 valence electrons. The quantitative estimate of drug-likeness (QED) is 0.450. The largest absolute Gasteiger partial charge is 0.354 e. The third-order valence-electron chi connectivity index (χ3n) is 3.08. The van der Waals surface area contributed by atoms with E-state index < -0.39 is 11.8 Å². The monoisotopic (exact) mass is 325 g/mol. The van der Waals surface area contributed by atoms with Crippen molar-refractivity contribution in [2.45, 2.75) is 12.1 Å². The van der Waals surface area contributed by atoms with Crippen LogP contribution < -0.4 is 21.3 Å². The second-order valence-corrected chi connectivity index (χ2v) is 5.21. The first-order valence-electron chi connectivity index (χ1n) is 5.90. The maximum atomic E-state index is 11.4. The maximum absolute atomic E-state index is 11.4. The number of aliphatic imine (C=N–C) groups is 1. The summed E-state index contributed by atoms with van der Waals surface area (Å²) in [6.45, 7) is 1.56. The van der Waals surface area contributed by atoms with Gasteiger partial charge in [-0.05, 0) is 6.08 Å². The van der Waals surface area contributed by atoms with Crippen molar-refractivity contribution in [1.29, 1.82) is 0 Å². The number of amides is 2. The molecule has 1 fully saturated rings. The molecule has 0 aromatic rings. The minimum absolute atomic E-state index is 0.233. The van der Waals surface area contributed by atoms with Gasteiger partial charge in [-0.2, -0.15) is 0 Å². The van der Waals surface area contributed by atoms with Crippen molar-refractivity contribution in [3.8, 4) is 0 Å². The molecule has 1 aliphatic carbocycles. The first-order valence-corrected chi connectivity index (χ1v) is 6.69. The van der Waals surface area contributed by atoms with E-state index in [4.69, 9.17) is 0 Å². The average Bonchev–Trinajstić information content (AvgIpc) is 2.88. The topological polar surface area (TPSA) is 94.6 Å². The number of fused-ring (bicyclic) bond motifs is 1. The highest BCUT2D eigenvalue weighted by Crippen LogP contribution is 2.25. The van der Waals surface area contributed by atoms with E-state index in [1.165, 1.54) is 0 Å². The molecule has 0 aromatic carbocycles. The van der Waals surface area contributed by atoms with Crippen LogP contribution in [0.5, 0.6) is 0 Å². The van der Waals surface area contributed by atoms with Gasteiger partial charge in [0.2, 0.25) is 0 Å². The predicted molar refractivity (Wildman–Crippen MR) is 72.4 cm³/mol. The van der Waals surface area contributed by atoms with Gasteiger partial charge in [0.05, 0.1) is 24.3 Å². The SMILES string of the molecule is O=C1NC2C=CC(NC3=NCCN3)=C(Br)C2NC1=O. The van der Waals surface area contributed by atoms with E-state index >= 15 is 0 Å². The van der Waals surface area contributed by atoms with Crippen LogP contribution in [0.25, 0.3) is 0 Å². The summed E-state index contributed by atoms with van der Waals surface area (Å²) in [6, 6.07) is -0.525. The molecule has 7 nitrogen and oxygen atoms in total. The molecule has 0 radical (unpaired) electrons. The van der Waals surface area contributed by atoms with Crippen molar-refractivity contribution in [1.82, 2.24) is 21.3 Å². The van der Waals surface area contributed by atoms with E-state index in [2.05, 4.69) is 42.2 Å². The Morgan fingerprint density at radius 3 is 2.84 bits per heavy atom. The molecule has 0 saturated carbocycles. The fourth-order valence-corrected chi connectivity index (χ4v) is 2.77. The zero-order valence-electron chi connectivity index (χ0n) is 9.87. The number of guanidine groups is 1. The Balaban J connectivity index is 1.81. The number of carbonyl (C=O) groups excluding carboxylic acids is 2. The van der Waals surface area contributed by atoms with Gasteiger partial charge in [0.25, 0.3) is 0 Å². The predicted octanol–water partition coefficient (Wildman–Crippen LogP) is -1.31. The molecule has 2 amide bonds. The second kappa shape index (κ2) is 4.69. The van der Waals surface area contributed by atoms with Gasteiger partial charge < -0.3 is 21.3 Å². The maximum Gasteiger partial charge on any atom is 0.309 e. The minimum Gasteiger partial charge on any atom is -0.354 e. The Hall–Kier alpha value is -1.83. The molecule has 2 atom stereocenters. The van der Waals surface area contributed by atoms with Gasteiger partial charge in [-0.25, -0.2) is 0 Å². The molecule has 3 aliphatic rings. The van der Waals surface area contributed by atoms with E-state index in [1.54, 1.807) is 0 Å². The van der Waals surface area contributed by atoms with Crippen LogP contribution in [0.4, 0.5) is 0 Å². The number of nitrogens with zero attached hydrogens (tertiary/aromatic N) is 1. The standard InChI is InChI=1S/C11H12BrN5O2/c12-7-5(16-11-13-3-4-14-11)1-2-6-8(7)17-10(19)9(18)15-6/h1-2,6,8H,3-4H2,(H,15,18)(H,17,19)(H2,13,14,16). The van der Waals surface area contributed by atoms with Crippen LogP contribution in [0, 0.1) is 0 Å². The number of allylic oxidation sites excluding steroid dienone is 1. The lowest BCUT2D eigenvalue weighted by atomic mass is 9.98. The summed E-state index contributed by atoms with van der Waals surface area (Å²) in [6.07, 6.45) is 3.69. The van der Waals surface area contributed by atoms with E-state index in [9.17, 15) is 9.59 Å². The summed E-state index contributed by atoms with van der Waals surface area (Å²) in [5.74, 6) is -0.519. The molecule has 2 aliphatic heterocycles. The molecule has 0 bridgehead atoms. The second-order valence-electron chi connectivity index (χ2n) is 4.35. The van der Waals surface area contributed by atoms with Crippen molar-refractivity contribution in [2.24, 2.45) is 4.99 Å². The van der Waals surface area contributed by atoms with E-state index in [1.807, 2.05) is 12.2 Å². The number of hydrogen-bond acceptors (Lipinski definition) is 5. The van der Waals surface area contributed by atoms with Crippen LogP contribution in [0.3, 0.4) is 0 Å². The number of halogens is 1. The van der Waals surface area contributed by atoms with Crippen LogP contribution >= 0.6 is 15.9 Å². The van der Waals surface area contributed by atoms with Gasteiger partial charge in [-0.1, -0.05) is 22.0 Å². The van der Waals surface area contributed by atoms with Crippen molar-refractivity contribution >= 4 is 33.7 Å².